The Hall–Kier alpha value is -2.57. The molecule has 146 valence electrons. The molecule has 0 unspecified atom stereocenters. The van der Waals surface area contributed by atoms with Gasteiger partial charge in [0, 0.05) is 44.3 Å². The first kappa shape index (κ1) is 19.2. The minimum Gasteiger partial charge on any atom is -0.368 e. The Kier molecular flexibility index (Phi) is 5.68. The van der Waals surface area contributed by atoms with Crippen LogP contribution in [0.1, 0.15) is 38.0 Å². The van der Waals surface area contributed by atoms with Crippen LogP contribution < -0.4 is 10.2 Å². The van der Waals surface area contributed by atoms with Gasteiger partial charge in [-0.1, -0.05) is 38.1 Å². The predicted octanol–water partition coefficient (Wildman–Crippen LogP) is 2.57. The van der Waals surface area contributed by atoms with E-state index in [1.54, 1.807) is 0 Å². The number of hydrogen-bond donors (Lipinski definition) is 1. The van der Waals surface area contributed by atoms with Crippen LogP contribution in [0.5, 0.6) is 0 Å². The fourth-order valence-corrected chi connectivity index (χ4v) is 3.12. The minimum absolute atomic E-state index is 0.140. The third kappa shape index (κ3) is 4.78. The van der Waals surface area contributed by atoms with Gasteiger partial charge in [0.25, 0.3) is 0 Å². The molecular formula is C20H30N6O. The average Bonchev–Trinajstić information content (AvgIpc) is 3.12. The molecule has 1 fully saturated rings. The number of guanidine groups is 1. The summed E-state index contributed by atoms with van der Waals surface area (Å²) in [5, 5.41) is 7.42. The van der Waals surface area contributed by atoms with Crippen LogP contribution in [0.25, 0.3) is 0 Å². The maximum Gasteiger partial charge on any atom is 0.232 e. The van der Waals surface area contributed by atoms with E-state index in [1.807, 2.05) is 7.05 Å². The quantitative estimate of drug-likeness (QED) is 0.661. The van der Waals surface area contributed by atoms with Gasteiger partial charge in [-0.25, -0.2) is 0 Å². The maximum atomic E-state index is 5.35. The molecule has 2 heterocycles. The van der Waals surface area contributed by atoms with Gasteiger partial charge < -0.3 is 19.6 Å². The highest BCUT2D eigenvalue weighted by Crippen LogP contribution is 2.20. The zero-order valence-corrected chi connectivity index (χ0v) is 17.0. The summed E-state index contributed by atoms with van der Waals surface area (Å²) in [5.41, 5.74) is 2.44. The van der Waals surface area contributed by atoms with Gasteiger partial charge in [0.1, 0.15) is 0 Å². The number of benzene rings is 1. The van der Waals surface area contributed by atoms with Crippen LogP contribution >= 0.6 is 0 Å². The topological polar surface area (TPSA) is 69.8 Å². The Morgan fingerprint density at radius 1 is 1.22 bits per heavy atom. The number of aromatic nitrogens is 2. The number of anilines is 1. The highest BCUT2D eigenvalue weighted by molar-refractivity contribution is 5.80. The van der Waals surface area contributed by atoms with Crippen LogP contribution in [0.4, 0.5) is 5.69 Å². The Morgan fingerprint density at radius 3 is 2.56 bits per heavy atom. The molecule has 7 nitrogen and oxygen atoms in total. The third-order valence-corrected chi connectivity index (χ3v) is 4.67. The Morgan fingerprint density at radius 2 is 1.96 bits per heavy atom. The van der Waals surface area contributed by atoms with Crippen LogP contribution in [0.15, 0.2) is 33.8 Å². The molecule has 0 aliphatic carbocycles. The molecule has 1 saturated heterocycles. The van der Waals surface area contributed by atoms with Gasteiger partial charge in [-0.05, 0) is 24.6 Å². The molecule has 1 aromatic heterocycles. The smallest absolute Gasteiger partial charge is 0.232 e. The molecule has 3 rings (SSSR count). The lowest BCUT2D eigenvalue weighted by molar-refractivity contribution is 0.317. The van der Waals surface area contributed by atoms with Crippen molar-refractivity contribution in [1.29, 1.82) is 0 Å². The zero-order chi connectivity index (χ0) is 19.4. The normalized spacial score (nSPS) is 16.0. The Labute approximate surface area is 161 Å². The average molecular weight is 371 g/mol. The third-order valence-electron chi connectivity index (χ3n) is 4.67. The van der Waals surface area contributed by atoms with Crippen molar-refractivity contribution in [3.63, 3.8) is 0 Å². The number of piperazine rings is 1. The second-order valence-corrected chi connectivity index (χ2v) is 7.98. The summed E-state index contributed by atoms with van der Waals surface area (Å²) < 4.78 is 5.35. The number of nitrogens with zero attached hydrogens (tertiary/aromatic N) is 5. The molecule has 0 saturated carbocycles. The molecule has 0 bridgehead atoms. The summed E-state index contributed by atoms with van der Waals surface area (Å²) in [4.78, 5) is 13.6. The fraction of sp³-hybridized carbons (Fsp3) is 0.550. The van der Waals surface area contributed by atoms with Crippen LogP contribution in [-0.2, 0) is 12.0 Å². The SMILES string of the molecule is CN=C(NCc1noc(C(C)(C)C)n1)N1CCN(c2cccc(C)c2)CC1. The lowest BCUT2D eigenvalue weighted by Gasteiger charge is -2.37. The summed E-state index contributed by atoms with van der Waals surface area (Å²) in [6.07, 6.45) is 0. The van der Waals surface area contributed by atoms with Crippen LogP contribution in [0, 0.1) is 6.92 Å². The fourth-order valence-electron chi connectivity index (χ4n) is 3.12. The molecule has 1 aromatic carbocycles. The van der Waals surface area contributed by atoms with Crippen molar-refractivity contribution in [2.24, 2.45) is 4.99 Å². The monoisotopic (exact) mass is 370 g/mol. The summed E-state index contributed by atoms with van der Waals surface area (Å²) in [7, 11) is 1.81. The summed E-state index contributed by atoms with van der Waals surface area (Å²) in [6.45, 7) is 12.6. The second kappa shape index (κ2) is 7.98. The first-order valence-electron chi connectivity index (χ1n) is 9.47. The van der Waals surface area contributed by atoms with Gasteiger partial charge in [-0.15, -0.1) is 0 Å². The van der Waals surface area contributed by atoms with E-state index in [2.05, 4.69) is 82.2 Å². The standard InChI is InChI=1S/C20H30N6O/c1-15-7-6-8-16(13-15)25-9-11-26(12-10-25)19(21-5)22-14-17-23-18(27-24-17)20(2,3)4/h6-8,13H,9-12,14H2,1-5H3,(H,21,22). The molecule has 0 amide bonds. The molecule has 0 spiro atoms. The molecule has 0 radical (unpaired) electrons. The van der Waals surface area contributed by atoms with Crippen molar-refractivity contribution in [2.45, 2.75) is 39.7 Å². The predicted molar refractivity (Wildman–Crippen MR) is 108 cm³/mol. The van der Waals surface area contributed by atoms with Crippen molar-refractivity contribution in [3.8, 4) is 0 Å². The molecule has 0 atom stereocenters. The van der Waals surface area contributed by atoms with E-state index in [4.69, 9.17) is 4.52 Å². The van der Waals surface area contributed by atoms with Gasteiger partial charge in [-0.2, -0.15) is 4.98 Å². The van der Waals surface area contributed by atoms with Crippen molar-refractivity contribution in [2.75, 3.05) is 38.1 Å². The summed E-state index contributed by atoms with van der Waals surface area (Å²) in [6, 6.07) is 8.67. The highest BCUT2D eigenvalue weighted by atomic mass is 16.5. The molecular weight excluding hydrogens is 340 g/mol. The van der Waals surface area contributed by atoms with Crippen molar-refractivity contribution in [3.05, 3.63) is 41.5 Å². The van der Waals surface area contributed by atoms with Crippen LogP contribution in [0.3, 0.4) is 0 Å². The number of nitrogens with one attached hydrogen (secondary N) is 1. The van der Waals surface area contributed by atoms with Crippen molar-refractivity contribution < 1.29 is 4.52 Å². The van der Waals surface area contributed by atoms with E-state index in [0.29, 0.717) is 18.3 Å². The first-order valence-corrected chi connectivity index (χ1v) is 9.47. The number of rotatable bonds is 3. The molecule has 1 aliphatic heterocycles. The van der Waals surface area contributed by atoms with Gasteiger partial charge in [0.2, 0.25) is 5.89 Å². The van der Waals surface area contributed by atoms with Gasteiger partial charge in [-0.3, -0.25) is 4.99 Å². The molecule has 27 heavy (non-hydrogen) atoms. The minimum atomic E-state index is -0.140. The lowest BCUT2D eigenvalue weighted by Crippen LogP contribution is -2.52. The van der Waals surface area contributed by atoms with E-state index in [1.165, 1.54) is 11.3 Å². The number of aliphatic imine (C=N–C) groups is 1. The highest BCUT2D eigenvalue weighted by Gasteiger charge is 2.23. The Balaban J connectivity index is 1.54. The molecule has 7 heteroatoms. The zero-order valence-electron chi connectivity index (χ0n) is 17.0. The van der Waals surface area contributed by atoms with Gasteiger partial charge in [0.15, 0.2) is 11.8 Å². The summed E-state index contributed by atoms with van der Waals surface area (Å²) >= 11 is 0. The van der Waals surface area contributed by atoms with E-state index in [9.17, 15) is 0 Å². The number of aryl methyl sites for hydroxylation is 1. The Bertz CT molecular complexity index is 784. The van der Waals surface area contributed by atoms with Crippen LogP contribution in [-0.4, -0.2) is 54.2 Å². The van der Waals surface area contributed by atoms with E-state index >= 15 is 0 Å². The second-order valence-electron chi connectivity index (χ2n) is 7.98. The number of hydrogen-bond acceptors (Lipinski definition) is 5. The maximum absolute atomic E-state index is 5.35. The van der Waals surface area contributed by atoms with Crippen LogP contribution in [0.2, 0.25) is 0 Å². The van der Waals surface area contributed by atoms with E-state index in [-0.39, 0.29) is 5.41 Å². The lowest BCUT2D eigenvalue weighted by atomic mass is 9.97. The van der Waals surface area contributed by atoms with Crippen molar-refractivity contribution >= 4 is 11.6 Å². The first-order chi connectivity index (χ1) is 12.9. The van der Waals surface area contributed by atoms with Gasteiger partial charge >= 0.3 is 0 Å². The van der Waals surface area contributed by atoms with E-state index in [0.717, 1.165) is 32.1 Å². The summed E-state index contributed by atoms with van der Waals surface area (Å²) in [5.74, 6) is 2.18. The van der Waals surface area contributed by atoms with Crippen molar-refractivity contribution in [1.82, 2.24) is 20.4 Å². The largest absolute Gasteiger partial charge is 0.368 e. The molecule has 2 aromatic rings. The molecule has 1 aliphatic rings. The van der Waals surface area contributed by atoms with E-state index < -0.39 is 0 Å². The van der Waals surface area contributed by atoms with Gasteiger partial charge in [0.05, 0.1) is 6.54 Å². The molecule has 1 N–H and O–H groups in total.